The lowest BCUT2D eigenvalue weighted by molar-refractivity contribution is -0.126. The number of amides is 1. The SMILES string of the molecule is CCc1nnc2n1C[C@@H](NC(=O)[C@@H]1CC=CCC1)CC2. The van der Waals surface area contributed by atoms with Crippen molar-refractivity contribution in [3.63, 3.8) is 0 Å². The molecule has 0 saturated heterocycles. The molecule has 2 aliphatic rings. The molecule has 3 rings (SSSR count). The third-order valence-corrected chi connectivity index (χ3v) is 4.33. The van der Waals surface area contributed by atoms with E-state index in [1.54, 1.807) is 0 Å². The number of allylic oxidation sites excluding steroid dienone is 2. The number of nitrogens with one attached hydrogen (secondary N) is 1. The molecule has 1 aromatic heterocycles. The normalized spacial score (nSPS) is 25.2. The zero-order valence-corrected chi connectivity index (χ0v) is 12.0. The van der Waals surface area contributed by atoms with Crippen LogP contribution in [0.2, 0.25) is 0 Å². The quantitative estimate of drug-likeness (QED) is 0.852. The van der Waals surface area contributed by atoms with Gasteiger partial charge in [-0.05, 0) is 25.7 Å². The van der Waals surface area contributed by atoms with E-state index in [2.05, 4.69) is 39.2 Å². The van der Waals surface area contributed by atoms with Gasteiger partial charge in [0, 0.05) is 31.3 Å². The maximum atomic E-state index is 12.3. The first-order valence-corrected chi connectivity index (χ1v) is 7.64. The zero-order chi connectivity index (χ0) is 13.9. The molecule has 0 unspecified atom stereocenters. The van der Waals surface area contributed by atoms with Crippen LogP contribution in [-0.4, -0.2) is 26.7 Å². The minimum Gasteiger partial charge on any atom is -0.351 e. The van der Waals surface area contributed by atoms with Crippen molar-refractivity contribution in [2.75, 3.05) is 0 Å². The number of rotatable bonds is 3. The molecule has 1 aliphatic heterocycles. The molecule has 5 heteroatoms. The van der Waals surface area contributed by atoms with Crippen LogP contribution in [0.1, 0.15) is 44.3 Å². The molecule has 2 heterocycles. The summed E-state index contributed by atoms with van der Waals surface area (Å²) >= 11 is 0. The lowest BCUT2D eigenvalue weighted by atomic mass is 9.93. The molecule has 108 valence electrons. The summed E-state index contributed by atoms with van der Waals surface area (Å²) in [5, 5.41) is 11.7. The lowest BCUT2D eigenvalue weighted by Crippen LogP contribution is -2.44. The lowest BCUT2D eigenvalue weighted by Gasteiger charge is -2.27. The van der Waals surface area contributed by atoms with Crippen LogP contribution in [0.4, 0.5) is 0 Å². The zero-order valence-electron chi connectivity index (χ0n) is 12.0. The van der Waals surface area contributed by atoms with E-state index >= 15 is 0 Å². The minimum absolute atomic E-state index is 0.160. The van der Waals surface area contributed by atoms with Crippen LogP contribution < -0.4 is 5.32 Å². The Balaban J connectivity index is 1.62. The molecule has 0 spiro atoms. The van der Waals surface area contributed by atoms with Crippen LogP contribution in [0, 0.1) is 5.92 Å². The molecule has 20 heavy (non-hydrogen) atoms. The van der Waals surface area contributed by atoms with Crippen LogP contribution in [-0.2, 0) is 24.2 Å². The fraction of sp³-hybridized carbons (Fsp3) is 0.667. The Morgan fingerprint density at radius 1 is 1.40 bits per heavy atom. The molecule has 2 atom stereocenters. The number of hydrogen-bond donors (Lipinski definition) is 1. The summed E-state index contributed by atoms with van der Waals surface area (Å²) in [6.45, 7) is 2.91. The van der Waals surface area contributed by atoms with Gasteiger partial charge in [0.25, 0.3) is 0 Å². The van der Waals surface area contributed by atoms with Crippen LogP contribution in [0.3, 0.4) is 0 Å². The molecule has 0 radical (unpaired) electrons. The highest BCUT2D eigenvalue weighted by molar-refractivity contribution is 5.79. The van der Waals surface area contributed by atoms with Gasteiger partial charge in [-0.15, -0.1) is 10.2 Å². The summed E-state index contributed by atoms with van der Waals surface area (Å²) in [6, 6.07) is 0.224. The first-order valence-electron chi connectivity index (χ1n) is 7.64. The molecule has 1 N–H and O–H groups in total. The summed E-state index contributed by atoms with van der Waals surface area (Å²) in [7, 11) is 0. The Morgan fingerprint density at radius 2 is 2.30 bits per heavy atom. The second-order valence-electron chi connectivity index (χ2n) is 5.72. The van der Waals surface area contributed by atoms with Gasteiger partial charge in [-0.3, -0.25) is 4.79 Å². The number of carbonyl (C=O) groups excluding carboxylic acids is 1. The number of fused-ring (bicyclic) bond motifs is 1. The predicted octanol–water partition coefficient (Wildman–Crippen LogP) is 1.63. The average Bonchev–Trinajstić information content (AvgIpc) is 2.90. The van der Waals surface area contributed by atoms with Crippen LogP contribution in [0.5, 0.6) is 0 Å². The number of aryl methyl sites for hydroxylation is 2. The maximum Gasteiger partial charge on any atom is 0.223 e. The van der Waals surface area contributed by atoms with Crippen molar-refractivity contribution in [1.82, 2.24) is 20.1 Å². The molecule has 1 aliphatic carbocycles. The maximum absolute atomic E-state index is 12.3. The summed E-state index contributed by atoms with van der Waals surface area (Å²) in [5.41, 5.74) is 0. The summed E-state index contributed by atoms with van der Waals surface area (Å²) < 4.78 is 2.18. The first kappa shape index (κ1) is 13.3. The van der Waals surface area contributed by atoms with Crippen LogP contribution in [0.25, 0.3) is 0 Å². The van der Waals surface area contributed by atoms with Gasteiger partial charge in [0.1, 0.15) is 11.6 Å². The van der Waals surface area contributed by atoms with E-state index in [1.807, 2.05) is 0 Å². The largest absolute Gasteiger partial charge is 0.351 e. The highest BCUT2D eigenvalue weighted by Crippen LogP contribution is 2.20. The molecule has 1 amide bonds. The van der Waals surface area contributed by atoms with Gasteiger partial charge in [0.05, 0.1) is 0 Å². The smallest absolute Gasteiger partial charge is 0.223 e. The fourth-order valence-corrected chi connectivity index (χ4v) is 3.11. The van der Waals surface area contributed by atoms with Crippen molar-refractivity contribution in [3.8, 4) is 0 Å². The van der Waals surface area contributed by atoms with E-state index in [1.165, 1.54) is 0 Å². The fourth-order valence-electron chi connectivity index (χ4n) is 3.11. The van der Waals surface area contributed by atoms with Gasteiger partial charge < -0.3 is 9.88 Å². The molecule has 0 aromatic carbocycles. The van der Waals surface area contributed by atoms with Gasteiger partial charge in [0.15, 0.2) is 0 Å². The van der Waals surface area contributed by atoms with E-state index in [4.69, 9.17) is 0 Å². The number of aromatic nitrogens is 3. The van der Waals surface area contributed by atoms with E-state index in [0.29, 0.717) is 0 Å². The third-order valence-electron chi connectivity index (χ3n) is 4.33. The monoisotopic (exact) mass is 274 g/mol. The second-order valence-corrected chi connectivity index (χ2v) is 5.72. The van der Waals surface area contributed by atoms with E-state index in [-0.39, 0.29) is 17.9 Å². The van der Waals surface area contributed by atoms with Gasteiger partial charge >= 0.3 is 0 Å². The average molecular weight is 274 g/mol. The highest BCUT2D eigenvalue weighted by atomic mass is 16.1. The van der Waals surface area contributed by atoms with Crippen molar-refractivity contribution in [3.05, 3.63) is 23.8 Å². The molecular weight excluding hydrogens is 252 g/mol. The molecule has 0 fully saturated rings. The highest BCUT2D eigenvalue weighted by Gasteiger charge is 2.26. The van der Waals surface area contributed by atoms with Crippen LogP contribution >= 0.6 is 0 Å². The third kappa shape index (κ3) is 2.62. The van der Waals surface area contributed by atoms with Gasteiger partial charge in [0.2, 0.25) is 5.91 Å². The molecule has 0 bridgehead atoms. The summed E-state index contributed by atoms with van der Waals surface area (Å²) in [5.74, 6) is 2.47. The van der Waals surface area contributed by atoms with E-state index in [0.717, 1.165) is 56.7 Å². The van der Waals surface area contributed by atoms with Gasteiger partial charge in [-0.25, -0.2) is 0 Å². The minimum atomic E-state index is 0.160. The Morgan fingerprint density at radius 3 is 3.05 bits per heavy atom. The van der Waals surface area contributed by atoms with Crippen molar-refractivity contribution >= 4 is 5.91 Å². The second kappa shape index (κ2) is 5.77. The predicted molar refractivity (Wildman–Crippen MR) is 76.1 cm³/mol. The Labute approximate surface area is 119 Å². The molecular formula is C15H22N4O. The topological polar surface area (TPSA) is 59.8 Å². The Hall–Kier alpha value is -1.65. The standard InChI is InChI=1S/C15H22N4O/c1-2-13-17-18-14-9-8-12(10-19(13)14)16-15(20)11-6-4-3-5-7-11/h3-4,11-12H,2,5-10H2,1H3,(H,16,20)/t11-,12+/m1/s1. The van der Waals surface area contributed by atoms with Crippen molar-refractivity contribution in [2.24, 2.45) is 5.92 Å². The van der Waals surface area contributed by atoms with Crippen LogP contribution in [0.15, 0.2) is 12.2 Å². The first-order chi connectivity index (χ1) is 9.78. The van der Waals surface area contributed by atoms with Gasteiger partial charge in [-0.2, -0.15) is 0 Å². The van der Waals surface area contributed by atoms with Crippen molar-refractivity contribution in [1.29, 1.82) is 0 Å². The van der Waals surface area contributed by atoms with Crippen molar-refractivity contribution < 1.29 is 4.79 Å². The summed E-state index contributed by atoms with van der Waals surface area (Å²) in [4.78, 5) is 12.3. The van der Waals surface area contributed by atoms with Crippen molar-refractivity contribution in [2.45, 2.75) is 58.0 Å². The van der Waals surface area contributed by atoms with Gasteiger partial charge in [-0.1, -0.05) is 19.1 Å². The molecule has 1 aromatic rings. The number of carbonyl (C=O) groups is 1. The Bertz CT molecular complexity index is 506. The molecule has 0 saturated carbocycles. The number of hydrogen-bond acceptors (Lipinski definition) is 3. The van der Waals surface area contributed by atoms with E-state index < -0.39 is 0 Å². The molecule has 5 nitrogen and oxygen atoms in total. The summed E-state index contributed by atoms with van der Waals surface area (Å²) in [6.07, 6.45) is 9.95. The Kier molecular flexibility index (Phi) is 3.85. The number of nitrogens with zero attached hydrogens (tertiary/aromatic N) is 3. The van der Waals surface area contributed by atoms with E-state index in [9.17, 15) is 4.79 Å².